The Bertz CT molecular complexity index is 1160. The Hall–Kier alpha value is -2.71. The van der Waals surface area contributed by atoms with E-state index in [2.05, 4.69) is 45.5 Å². The van der Waals surface area contributed by atoms with E-state index in [-0.39, 0.29) is 29.6 Å². The van der Waals surface area contributed by atoms with Crippen molar-refractivity contribution in [3.05, 3.63) is 71.3 Å². The van der Waals surface area contributed by atoms with E-state index in [0.717, 1.165) is 43.9 Å². The molecule has 2 aliphatic rings. The van der Waals surface area contributed by atoms with Gasteiger partial charge in [-0.15, -0.1) is 10.2 Å². The molecule has 8 heteroatoms. The summed E-state index contributed by atoms with van der Waals surface area (Å²) in [7, 11) is 0. The van der Waals surface area contributed by atoms with Crippen LogP contribution in [0.2, 0.25) is 0 Å². The van der Waals surface area contributed by atoms with Gasteiger partial charge in [-0.1, -0.05) is 42.4 Å². The minimum Gasteiger partial charge on any atom is -0.349 e. The summed E-state index contributed by atoms with van der Waals surface area (Å²) in [6.07, 6.45) is 6.72. The summed E-state index contributed by atoms with van der Waals surface area (Å²) in [5.74, 6) is 0.767. The number of nitrogens with zero attached hydrogens (tertiary/aromatic N) is 4. The van der Waals surface area contributed by atoms with Gasteiger partial charge in [-0.2, -0.15) is 0 Å². The number of aromatic nitrogens is 3. The number of amides is 1. The van der Waals surface area contributed by atoms with Gasteiger partial charge in [0.1, 0.15) is 5.82 Å². The molecule has 0 radical (unpaired) electrons. The van der Waals surface area contributed by atoms with Gasteiger partial charge in [-0.05, 0) is 87.5 Å². The highest BCUT2D eigenvalue weighted by atomic mass is 32.2. The number of carbonyl (C=O) groups excluding carboxylic acids is 1. The molecule has 3 aromatic rings. The average molecular weight is 494 g/mol. The Labute approximate surface area is 210 Å². The number of carbonyl (C=O) groups is 1. The quantitative estimate of drug-likeness (QED) is 0.456. The van der Waals surface area contributed by atoms with E-state index in [9.17, 15) is 9.18 Å². The molecule has 1 aromatic heterocycles. The van der Waals surface area contributed by atoms with E-state index in [4.69, 9.17) is 0 Å². The van der Waals surface area contributed by atoms with Crippen molar-refractivity contribution >= 4 is 17.7 Å². The number of nitrogens with one attached hydrogen (secondary N) is 1. The molecule has 0 bridgehead atoms. The van der Waals surface area contributed by atoms with Gasteiger partial charge in [0.05, 0.1) is 17.8 Å². The standard InChI is InChI=1S/C27H32FN5OS/c1-19(32-16-5-2-6-17-32)26-30-31-27(33(26)22-14-12-21(28)13-15-22)35-18-25(34)29-24-11-7-9-20-8-3-4-10-23(20)24/h3-4,8,10,12-15,19,24H,2,5-7,9,11,16-18H2,1H3,(H,29,34)/t19-,24-/m1/s1. The minimum atomic E-state index is -0.284. The maximum absolute atomic E-state index is 13.7. The summed E-state index contributed by atoms with van der Waals surface area (Å²) in [6, 6.07) is 14.9. The maximum Gasteiger partial charge on any atom is 0.230 e. The number of benzene rings is 2. The van der Waals surface area contributed by atoms with Crippen molar-refractivity contribution in [2.75, 3.05) is 18.8 Å². The molecule has 2 aromatic carbocycles. The van der Waals surface area contributed by atoms with Crippen LogP contribution in [0, 0.1) is 5.82 Å². The number of hydrogen-bond acceptors (Lipinski definition) is 5. The molecule has 2 atom stereocenters. The van der Waals surface area contributed by atoms with Crippen molar-refractivity contribution in [3.63, 3.8) is 0 Å². The molecule has 0 unspecified atom stereocenters. The summed E-state index contributed by atoms with van der Waals surface area (Å²) >= 11 is 1.37. The number of hydrogen-bond donors (Lipinski definition) is 1. The highest BCUT2D eigenvalue weighted by Crippen LogP contribution is 2.31. The first-order valence-corrected chi connectivity index (χ1v) is 13.5. The van der Waals surface area contributed by atoms with E-state index < -0.39 is 0 Å². The van der Waals surface area contributed by atoms with Crippen LogP contribution in [0.3, 0.4) is 0 Å². The molecule has 1 N–H and O–H groups in total. The average Bonchev–Trinajstić information content (AvgIpc) is 3.32. The van der Waals surface area contributed by atoms with E-state index in [1.807, 2.05) is 10.6 Å². The van der Waals surface area contributed by atoms with Crippen LogP contribution in [0.4, 0.5) is 4.39 Å². The molecular formula is C27H32FN5OS. The highest BCUT2D eigenvalue weighted by Gasteiger charge is 2.26. The molecule has 0 saturated carbocycles. The maximum atomic E-state index is 13.7. The van der Waals surface area contributed by atoms with Crippen molar-refractivity contribution < 1.29 is 9.18 Å². The molecule has 0 spiro atoms. The summed E-state index contributed by atoms with van der Waals surface area (Å²) in [5.41, 5.74) is 3.35. The fourth-order valence-electron chi connectivity index (χ4n) is 5.22. The largest absolute Gasteiger partial charge is 0.349 e. The second kappa shape index (κ2) is 10.9. The number of thioether (sulfide) groups is 1. The van der Waals surface area contributed by atoms with Gasteiger partial charge >= 0.3 is 0 Å². The summed E-state index contributed by atoms with van der Waals surface area (Å²) in [4.78, 5) is 15.4. The van der Waals surface area contributed by atoms with E-state index in [1.165, 1.54) is 54.3 Å². The highest BCUT2D eigenvalue weighted by molar-refractivity contribution is 7.99. The van der Waals surface area contributed by atoms with Crippen molar-refractivity contribution in [1.82, 2.24) is 25.0 Å². The van der Waals surface area contributed by atoms with Crippen LogP contribution in [0.1, 0.15) is 68.1 Å². The minimum absolute atomic E-state index is 0.0176. The molecule has 6 nitrogen and oxygen atoms in total. The summed E-state index contributed by atoms with van der Waals surface area (Å²) in [6.45, 7) is 4.22. The Balaban J connectivity index is 1.33. The number of fused-ring (bicyclic) bond motifs is 1. The van der Waals surface area contributed by atoms with Crippen LogP contribution in [-0.2, 0) is 11.2 Å². The molecule has 1 amide bonds. The zero-order chi connectivity index (χ0) is 24.2. The van der Waals surface area contributed by atoms with Crippen molar-refractivity contribution in [3.8, 4) is 5.69 Å². The normalized spacial score (nSPS) is 19.2. The van der Waals surface area contributed by atoms with Crippen LogP contribution < -0.4 is 5.32 Å². The van der Waals surface area contributed by atoms with Gasteiger partial charge in [0, 0.05) is 5.69 Å². The molecule has 184 valence electrons. The van der Waals surface area contributed by atoms with Gasteiger partial charge in [0.2, 0.25) is 5.91 Å². The van der Waals surface area contributed by atoms with Crippen LogP contribution in [-0.4, -0.2) is 44.4 Å². The summed E-state index contributed by atoms with van der Waals surface area (Å²) in [5, 5.41) is 12.9. The number of rotatable bonds is 7. The lowest BCUT2D eigenvalue weighted by molar-refractivity contribution is -0.119. The lowest BCUT2D eigenvalue weighted by Crippen LogP contribution is -2.33. The van der Waals surface area contributed by atoms with Crippen LogP contribution in [0.15, 0.2) is 53.7 Å². The fraction of sp³-hybridized carbons (Fsp3) is 0.444. The third kappa shape index (κ3) is 5.43. The van der Waals surface area contributed by atoms with Crippen LogP contribution in [0.5, 0.6) is 0 Å². The molecule has 1 fully saturated rings. The third-order valence-electron chi connectivity index (χ3n) is 7.09. The number of halogens is 1. The fourth-order valence-corrected chi connectivity index (χ4v) is 5.99. The third-order valence-corrected chi connectivity index (χ3v) is 8.02. The van der Waals surface area contributed by atoms with Crippen molar-refractivity contribution in [1.29, 1.82) is 0 Å². The van der Waals surface area contributed by atoms with Crippen LogP contribution >= 0.6 is 11.8 Å². The summed E-state index contributed by atoms with van der Waals surface area (Å²) < 4.78 is 15.6. The molecule has 5 rings (SSSR count). The molecule has 2 heterocycles. The van der Waals surface area contributed by atoms with Gasteiger partial charge in [0.25, 0.3) is 0 Å². The molecular weight excluding hydrogens is 461 g/mol. The lowest BCUT2D eigenvalue weighted by Gasteiger charge is -2.31. The molecule has 1 aliphatic carbocycles. The van der Waals surface area contributed by atoms with Gasteiger partial charge in [-0.25, -0.2) is 4.39 Å². The lowest BCUT2D eigenvalue weighted by atomic mass is 9.88. The first-order valence-electron chi connectivity index (χ1n) is 12.6. The Morgan fingerprint density at radius 1 is 1.09 bits per heavy atom. The molecule has 1 aliphatic heterocycles. The van der Waals surface area contributed by atoms with Crippen molar-refractivity contribution in [2.24, 2.45) is 0 Å². The van der Waals surface area contributed by atoms with E-state index >= 15 is 0 Å². The predicted molar refractivity (Wildman–Crippen MR) is 136 cm³/mol. The van der Waals surface area contributed by atoms with E-state index in [1.54, 1.807) is 12.1 Å². The van der Waals surface area contributed by atoms with Gasteiger partial charge in [0.15, 0.2) is 11.0 Å². The van der Waals surface area contributed by atoms with Gasteiger partial charge in [-0.3, -0.25) is 14.3 Å². The number of aryl methyl sites for hydroxylation is 1. The SMILES string of the molecule is C[C@H](c1nnc(SCC(=O)N[C@@H]2CCCc3ccccc32)n1-c1ccc(F)cc1)N1CCCCC1. The van der Waals surface area contributed by atoms with Crippen LogP contribution in [0.25, 0.3) is 5.69 Å². The molecule has 1 saturated heterocycles. The number of likely N-dealkylation sites (tertiary alicyclic amines) is 1. The smallest absolute Gasteiger partial charge is 0.230 e. The second-order valence-electron chi connectivity index (χ2n) is 9.43. The first-order chi connectivity index (χ1) is 17.1. The van der Waals surface area contributed by atoms with Crippen molar-refractivity contribution in [2.45, 2.75) is 62.7 Å². The Morgan fingerprint density at radius 2 is 1.86 bits per heavy atom. The van der Waals surface area contributed by atoms with Gasteiger partial charge < -0.3 is 5.32 Å². The predicted octanol–water partition coefficient (Wildman–Crippen LogP) is 5.24. The number of piperidine rings is 1. The second-order valence-corrected chi connectivity index (χ2v) is 10.4. The van der Waals surface area contributed by atoms with E-state index in [0.29, 0.717) is 5.16 Å². The monoisotopic (exact) mass is 493 g/mol. The zero-order valence-corrected chi connectivity index (χ0v) is 20.9. The topological polar surface area (TPSA) is 63.1 Å². The molecule has 35 heavy (non-hydrogen) atoms. The zero-order valence-electron chi connectivity index (χ0n) is 20.1. The Kier molecular flexibility index (Phi) is 7.48. The Morgan fingerprint density at radius 3 is 2.66 bits per heavy atom. The first kappa shape index (κ1) is 24.0.